The minimum atomic E-state index is -0.525. The van der Waals surface area contributed by atoms with Crippen LogP contribution in [-0.4, -0.2) is 28.4 Å². The van der Waals surface area contributed by atoms with Crippen LogP contribution in [0.25, 0.3) is 0 Å². The number of amides is 1. The standard InChI is InChI=1S/C16H21FN2O/c1-15(2)6-11-7-16(3,9-15)10-19(11)14(20)12-4-5-18-8-13(12)17/h4-5,8,11H,6-7,9-10H2,1-3H3. The Labute approximate surface area is 119 Å². The number of carbonyl (C=O) groups excluding carboxylic acids is 1. The Morgan fingerprint density at radius 2 is 2.15 bits per heavy atom. The number of halogens is 1. The van der Waals surface area contributed by atoms with Gasteiger partial charge in [0.25, 0.3) is 5.91 Å². The molecule has 1 aliphatic heterocycles. The molecule has 1 aromatic heterocycles. The van der Waals surface area contributed by atoms with Gasteiger partial charge < -0.3 is 4.90 Å². The lowest BCUT2D eigenvalue weighted by atomic mass is 9.65. The summed E-state index contributed by atoms with van der Waals surface area (Å²) in [4.78, 5) is 18.2. The zero-order valence-corrected chi connectivity index (χ0v) is 12.3. The average Bonchev–Trinajstić information content (AvgIpc) is 2.58. The van der Waals surface area contributed by atoms with Gasteiger partial charge in [0.1, 0.15) is 0 Å². The summed E-state index contributed by atoms with van der Waals surface area (Å²) >= 11 is 0. The van der Waals surface area contributed by atoms with Crippen molar-refractivity contribution in [2.24, 2.45) is 10.8 Å². The van der Waals surface area contributed by atoms with Crippen molar-refractivity contribution in [2.45, 2.75) is 46.1 Å². The zero-order chi connectivity index (χ0) is 14.5. The number of fused-ring (bicyclic) bond motifs is 2. The van der Waals surface area contributed by atoms with E-state index < -0.39 is 5.82 Å². The van der Waals surface area contributed by atoms with Crippen LogP contribution in [0, 0.1) is 16.6 Å². The fraction of sp³-hybridized carbons (Fsp3) is 0.625. The van der Waals surface area contributed by atoms with Crippen LogP contribution in [0.5, 0.6) is 0 Å². The number of carbonyl (C=O) groups is 1. The highest BCUT2D eigenvalue weighted by molar-refractivity contribution is 5.94. The Morgan fingerprint density at radius 3 is 2.85 bits per heavy atom. The fourth-order valence-corrected chi connectivity index (χ4v) is 4.40. The first-order chi connectivity index (χ1) is 9.30. The molecule has 4 heteroatoms. The van der Waals surface area contributed by atoms with Gasteiger partial charge in [-0.1, -0.05) is 20.8 Å². The van der Waals surface area contributed by atoms with E-state index in [1.807, 2.05) is 4.90 Å². The molecule has 1 saturated heterocycles. The monoisotopic (exact) mass is 276 g/mol. The molecule has 108 valence electrons. The first kappa shape index (κ1) is 13.5. The van der Waals surface area contributed by atoms with Gasteiger partial charge >= 0.3 is 0 Å². The smallest absolute Gasteiger partial charge is 0.257 e. The van der Waals surface area contributed by atoms with E-state index in [0.717, 1.165) is 32.0 Å². The number of rotatable bonds is 1. The Hall–Kier alpha value is -1.45. The van der Waals surface area contributed by atoms with Crippen molar-refractivity contribution >= 4 is 5.91 Å². The first-order valence-electron chi connectivity index (χ1n) is 7.20. The molecule has 1 aromatic rings. The average molecular weight is 276 g/mol. The van der Waals surface area contributed by atoms with Crippen LogP contribution in [0.15, 0.2) is 18.5 Å². The highest BCUT2D eigenvalue weighted by atomic mass is 19.1. The number of hydrogen-bond donors (Lipinski definition) is 0. The van der Waals surface area contributed by atoms with E-state index in [4.69, 9.17) is 0 Å². The Morgan fingerprint density at radius 1 is 1.40 bits per heavy atom. The number of nitrogens with zero attached hydrogens (tertiary/aromatic N) is 2. The predicted octanol–water partition coefficient (Wildman–Crippen LogP) is 3.26. The molecular weight excluding hydrogens is 255 g/mol. The molecule has 2 fully saturated rings. The number of hydrogen-bond acceptors (Lipinski definition) is 2. The SMILES string of the molecule is CC1(C)CC2CC(C)(CN2C(=O)c2ccncc2F)C1. The van der Waals surface area contributed by atoms with Gasteiger partial charge in [0.15, 0.2) is 5.82 Å². The minimum absolute atomic E-state index is 0.147. The normalized spacial score (nSPS) is 31.4. The predicted molar refractivity (Wildman–Crippen MR) is 74.8 cm³/mol. The van der Waals surface area contributed by atoms with Crippen molar-refractivity contribution in [2.75, 3.05) is 6.54 Å². The van der Waals surface area contributed by atoms with Crippen molar-refractivity contribution in [3.05, 3.63) is 29.8 Å². The van der Waals surface area contributed by atoms with Gasteiger partial charge in [0.2, 0.25) is 0 Å². The van der Waals surface area contributed by atoms with E-state index in [1.165, 1.54) is 12.3 Å². The maximum atomic E-state index is 13.8. The van der Waals surface area contributed by atoms with E-state index in [1.54, 1.807) is 0 Å². The molecule has 20 heavy (non-hydrogen) atoms. The highest BCUT2D eigenvalue weighted by Crippen LogP contribution is 2.52. The lowest BCUT2D eigenvalue weighted by Gasteiger charge is -2.39. The summed E-state index contributed by atoms with van der Waals surface area (Å²) < 4.78 is 13.8. The highest BCUT2D eigenvalue weighted by Gasteiger charge is 2.51. The van der Waals surface area contributed by atoms with E-state index in [-0.39, 0.29) is 28.3 Å². The lowest BCUT2D eigenvalue weighted by molar-refractivity contribution is 0.0703. The molecule has 2 bridgehead atoms. The van der Waals surface area contributed by atoms with Crippen molar-refractivity contribution in [1.29, 1.82) is 0 Å². The van der Waals surface area contributed by atoms with Gasteiger partial charge in [-0.3, -0.25) is 9.78 Å². The van der Waals surface area contributed by atoms with Crippen LogP contribution in [-0.2, 0) is 0 Å². The molecule has 0 aromatic carbocycles. The summed E-state index contributed by atoms with van der Waals surface area (Å²) in [5, 5.41) is 0. The first-order valence-corrected chi connectivity index (χ1v) is 7.20. The molecule has 2 unspecified atom stereocenters. The zero-order valence-electron chi connectivity index (χ0n) is 12.3. The molecule has 0 spiro atoms. The third-order valence-electron chi connectivity index (χ3n) is 4.68. The molecule has 1 amide bonds. The number of pyridine rings is 1. The quantitative estimate of drug-likeness (QED) is 0.788. The van der Waals surface area contributed by atoms with E-state index >= 15 is 0 Å². The van der Waals surface area contributed by atoms with Crippen molar-refractivity contribution < 1.29 is 9.18 Å². The third kappa shape index (κ3) is 2.21. The summed E-state index contributed by atoms with van der Waals surface area (Å²) in [5.74, 6) is -0.709. The number of aromatic nitrogens is 1. The summed E-state index contributed by atoms with van der Waals surface area (Å²) in [5.41, 5.74) is 0.573. The Balaban J connectivity index is 1.89. The fourth-order valence-electron chi connectivity index (χ4n) is 4.40. The number of likely N-dealkylation sites (tertiary alicyclic amines) is 1. The van der Waals surface area contributed by atoms with E-state index in [9.17, 15) is 9.18 Å². The van der Waals surface area contributed by atoms with Crippen molar-refractivity contribution in [3.8, 4) is 0 Å². The molecule has 3 nitrogen and oxygen atoms in total. The van der Waals surface area contributed by atoms with E-state index in [2.05, 4.69) is 25.8 Å². The van der Waals surface area contributed by atoms with Crippen LogP contribution in [0.3, 0.4) is 0 Å². The van der Waals surface area contributed by atoms with Crippen molar-refractivity contribution in [3.63, 3.8) is 0 Å². The third-order valence-corrected chi connectivity index (χ3v) is 4.68. The topological polar surface area (TPSA) is 33.2 Å². The Bertz CT molecular complexity index is 557. The van der Waals surface area contributed by atoms with Gasteiger partial charge in [-0.15, -0.1) is 0 Å². The van der Waals surface area contributed by atoms with Gasteiger partial charge in [-0.25, -0.2) is 4.39 Å². The summed E-state index contributed by atoms with van der Waals surface area (Å²) in [6.07, 6.45) is 5.75. The molecule has 2 aliphatic rings. The molecule has 2 atom stereocenters. The lowest BCUT2D eigenvalue weighted by Crippen LogP contribution is -2.38. The summed E-state index contributed by atoms with van der Waals surface area (Å²) in [6.45, 7) is 7.51. The van der Waals surface area contributed by atoms with Crippen molar-refractivity contribution in [1.82, 2.24) is 9.88 Å². The van der Waals surface area contributed by atoms with Crippen LogP contribution in [0.1, 0.15) is 50.4 Å². The molecule has 0 N–H and O–H groups in total. The maximum Gasteiger partial charge on any atom is 0.257 e. The second-order valence-electron chi connectivity index (χ2n) is 7.50. The van der Waals surface area contributed by atoms with Crippen LogP contribution in [0.2, 0.25) is 0 Å². The maximum absolute atomic E-state index is 13.8. The molecule has 1 aliphatic carbocycles. The molecule has 2 heterocycles. The molecule has 0 radical (unpaired) electrons. The summed E-state index contributed by atoms with van der Waals surface area (Å²) in [7, 11) is 0. The van der Waals surface area contributed by atoms with Gasteiger partial charge in [-0.05, 0) is 36.2 Å². The second-order valence-corrected chi connectivity index (χ2v) is 7.50. The van der Waals surface area contributed by atoms with Gasteiger partial charge in [-0.2, -0.15) is 0 Å². The second kappa shape index (κ2) is 4.27. The van der Waals surface area contributed by atoms with Crippen LogP contribution in [0.4, 0.5) is 4.39 Å². The van der Waals surface area contributed by atoms with Gasteiger partial charge in [0, 0.05) is 18.8 Å². The van der Waals surface area contributed by atoms with Crippen LogP contribution >= 0.6 is 0 Å². The van der Waals surface area contributed by atoms with E-state index in [0.29, 0.717) is 0 Å². The Kier molecular flexibility index (Phi) is 2.89. The van der Waals surface area contributed by atoms with Crippen LogP contribution < -0.4 is 0 Å². The molecule has 3 rings (SSSR count). The summed E-state index contributed by atoms with van der Waals surface area (Å²) in [6, 6.07) is 1.72. The molecule has 1 saturated carbocycles. The van der Waals surface area contributed by atoms with Gasteiger partial charge in [0.05, 0.1) is 11.8 Å². The molecular formula is C16H21FN2O. The largest absolute Gasteiger partial charge is 0.335 e. The minimum Gasteiger partial charge on any atom is -0.335 e.